The highest BCUT2D eigenvalue weighted by atomic mass is 16.3. The standard InChI is InChI=1S/C49H33NO2/c1-49(2)41-18-10-8-14-35(41)36-26-24-34(29-42(36)49)50(32-22-20-31(21-23-32)30-12-4-3-5-13-30)33-25-27-44-40(28-33)46-47(51-44)38-16-7-6-15-37(38)45-39-17-9-11-19-43(39)52-48(45)46/h3-29H,1-2H3. The quantitative estimate of drug-likeness (QED) is 0.187. The Bertz CT molecular complexity index is 3040. The highest BCUT2D eigenvalue weighted by Crippen LogP contribution is 2.51. The molecule has 0 spiro atoms. The van der Waals surface area contributed by atoms with Gasteiger partial charge in [-0.05, 0) is 87.3 Å². The molecule has 0 amide bonds. The van der Waals surface area contributed by atoms with Gasteiger partial charge in [0.25, 0.3) is 0 Å². The molecular weight excluding hydrogens is 635 g/mol. The SMILES string of the molecule is CC1(C)c2ccccc2-c2ccc(N(c3ccc(-c4ccccc4)cc3)c3ccc4oc5c6ccccc6c6c7ccccc7oc6c5c4c3)cc21. The largest absolute Gasteiger partial charge is 0.455 e. The van der Waals surface area contributed by atoms with Crippen LogP contribution in [-0.2, 0) is 5.41 Å². The number of furan rings is 2. The zero-order chi connectivity index (χ0) is 34.6. The Balaban J connectivity index is 1.16. The summed E-state index contributed by atoms with van der Waals surface area (Å²) in [6.45, 7) is 4.68. The van der Waals surface area contributed by atoms with Crippen molar-refractivity contribution in [3.8, 4) is 22.3 Å². The average Bonchev–Trinajstić information content (AvgIpc) is 3.84. The zero-order valence-corrected chi connectivity index (χ0v) is 28.9. The topological polar surface area (TPSA) is 29.5 Å². The van der Waals surface area contributed by atoms with Crippen molar-refractivity contribution >= 4 is 71.7 Å². The fourth-order valence-corrected chi connectivity index (χ4v) is 8.74. The Labute approximate surface area is 301 Å². The summed E-state index contributed by atoms with van der Waals surface area (Å²) in [6.07, 6.45) is 0. The van der Waals surface area contributed by atoms with E-state index in [0.29, 0.717) is 0 Å². The van der Waals surface area contributed by atoms with Gasteiger partial charge in [-0.1, -0.05) is 129 Å². The summed E-state index contributed by atoms with van der Waals surface area (Å²) < 4.78 is 13.4. The zero-order valence-electron chi connectivity index (χ0n) is 28.9. The van der Waals surface area contributed by atoms with E-state index in [1.54, 1.807) is 0 Å². The summed E-state index contributed by atoms with van der Waals surface area (Å²) in [5.41, 5.74) is 14.3. The van der Waals surface area contributed by atoms with Crippen molar-refractivity contribution in [3.05, 3.63) is 175 Å². The predicted octanol–water partition coefficient (Wildman–Crippen LogP) is 14.1. The van der Waals surface area contributed by atoms with E-state index in [-0.39, 0.29) is 5.41 Å². The molecule has 52 heavy (non-hydrogen) atoms. The molecule has 3 heteroatoms. The summed E-state index contributed by atoms with van der Waals surface area (Å²) in [4.78, 5) is 2.38. The van der Waals surface area contributed by atoms with Crippen LogP contribution in [0.2, 0.25) is 0 Å². The van der Waals surface area contributed by atoms with Gasteiger partial charge in [0.15, 0.2) is 0 Å². The Morgan fingerprint density at radius 2 is 1.00 bits per heavy atom. The van der Waals surface area contributed by atoms with Gasteiger partial charge in [0.1, 0.15) is 22.3 Å². The maximum Gasteiger partial charge on any atom is 0.147 e. The minimum absolute atomic E-state index is 0.122. The lowest BCUT2D eigenvalue weighted by atomic mass is 9.82. The van der Waals surface area contributed by atoms with Gasteiger partial charge < -0.3 is 13.7 Å². The van der Waals surface area contributed by atoms with E-state index in [0.717, 1.165) is 71.7 Å². The minimum Gasteiger partial charge on any atom is -0.455 e. The summed E-state index contributed by atoms with van der Waals surface area (Å²) in [6, 6.07) is 58.7. The smallest absolute Gasteiger partial charge is 0.147 e. The molecule has 1 aliphatic rings. The third-order valence-electron chi connectivity index (χ3n) is 11.3. The normalized spacial score (nSPS) is 13.3. The molecule has 2 heterocycles. The van der Waals surface area contributed by atoms with E-state index in [1.165, 1.54) is 33.4 Å². The summed E-state index contributed by atoms with van der Waals surface area (Å²) >= 11 is 0. The molecular formula is C49H33NO2. The van der Waals surface area contributed by atoms with Crippen molar-refractivity contribution in [1.82, 2.24) is 0 Å². The number of anilines is 3. The first-order valence-electron chi connectivity index (χ1n) is 17.9. The molecule has 246 valence electrons. The van der Waals surface area contributed by atoms with Gasteiger partial charge in [0.2, 0.25) is 0 Å². The molecule has 0 fully saturated rings. The molecule has 0 atom stereocenters. The van der Waals surface area contributed by atoms with Gasteiger partial charge in [0, 0.05) is 44.0 Å². The Hall–Kier alpha value is -6.58. The van der Waals surface area contributed by atoms with E-state index in [2.05, 4.69) is 176 Å². The molecule has 10 aromatic rings. The van der Waals surface area contributed by atoms with Gasteiger partial charge in [-0.25, -0.2) is 0 Å². The van der Waals surface area contributed by atoms with E-state index in [9.17, 15) is 0 Å². The van der Waals surface area contributed by atoms with Crippen LogP contribution in [0.4, 0.5) is 17.1 Å². The second-order valence-electron chi connectivity index (χ2n) is 14.5. The maximum atomic E-state index is 6.73. The number of rotatable bonds is 4. The Morgan fingerprint density at radius 1 is 0.404 bits per heavy atom. The Morgan fingerprint density at radius 3 is 1.85 bits per heavy atom. The Kier molecular flexibility index (Phi) is 6.01. The molecule has 0 saturated carbocycles. The van der Waals surface area contributed by atoms with Crippen LogP contribution in [0.15, 0.2) is 173 Å². The number of benzene rings is 8. The van der Waals surface area contributed by atoms with Crippen LogP contribution in [0.1, 0.15) is 25.0 Å². The second kappa shape index (κ2) is 10.7. The van der Waals surface area contributed by atoms with Crippen molar-refractivity contribution in [2.24, 2.45) is 0 Å². The van der Waals surface area contributed by atoms with Crippen LogP contribution in [0.3, 0.4) is 0 Å². The molecule has 8 aromatic carbocycles. The summed E-state index contributed by atoms with van der Waals surface area (Å²) in [7, 11) is 0. The van der Waals surface area contributed by atoms with E-state index in [4.69, 9.17) is 8.83 Å². The molecule has 3 nitrogen and oxygen atoms in total. The van der Waals surface area contributed by atoms with Crippen molar-refractivity contribution in [2.45, 2.75) is 19.3 Å². The van der Waals surface area contributed by atoms with Crippen LogP contribution >= 0.6 is 0 Å². The number of nitrogens with zero attached hydrogens (tertiary/aromatic N) is 1. The molecule has 2 aromatic heterocycles. The number of hydrogen-bond donors (Lipinski definition) is 0. The summed E-state index contributed by atoms with van der Waals surface area (Å²) in [5.74, 6) is 0. The number of para-hydroxylation sites is 1. The van der Waals surface area contributed by atoms with Gasteiger partial charge in [-0.2, -0.15) is 0 Å². The minimum atomic E-state index is -0.122. The van der Waals surface area contributed by atoms with E-state index >= 15 is 0 Å². The molecule has 1 aliphatic carbocycles. The summed E-state index contributed by atoms with van der Waals surface area (Å²) in [5, 5.41) is 6.50. The fourth-order valence-electron chi connectivity index (χ4n) is 8.74. The molecule has 0 bridgehead atoms. The van der Waals surface area contributed by atoms with E-state index < -0.39 is 0 Å². The third-order valence-corrected chi connectivity index (χ3v) is 11.3. The van der Waals surface area contributed by atoms with Crippen LogP contribution < -0.4 is 4.90 Å². The van der Waals surface area contributed by atoms with Crippen molar-refractivity contribution < 1.29 is 8.83 Å². The van der Waals surface area contributed by atoms with Crippen molar-refractivity contribution in [1.29, 1.82) is 0 Å². The second-order valence-corrected chi connectivity index (χ2v) is 14.5. The third kappa shape index (κ3) is 4.08. The molecule has 0 radical (unpaired) electrons. The van der Waals surface area contributed by atoms with Crippen molar-refractivity contribution in [3.63, 3.8) is 0 Å². The maximum absolute atomic E-state index is 6.73. The molecule has 0 unspecified atom stereocenters. The molecule has 0 aliphatic heterocycles. The first kappa shape index (κ1) is 29.2. The lowest BCUT2D eigenvalue weighted by Crippen LogP contribution is -2.16. The first-order chi connectivity index (χ1) is 25.5. The first-order valence-corrected chi connectivity index (χ1v) is 17.9. The highest BCUT2D eigenvalue weighted by molar-refractivity contribution is 6.33. The van der Waals surface area contributed by atoms with Crippen LogP contribution in [0, 0.1) is 0 Å². The van der Waals surface area contributed by atoms with Crippen molar-refractivity contribution in [2.75, 3.05) is 4.90 Å². The van der Waals surface area contributed by atoms with E-state index in [1.807, 2.05) is 6.07 Å². The molecule has 0 N–H and O–H groups in total. The van der Waals surface area contributed by atoms with Gasteiger partial charge in [0.05, 0.1) is 5.39 Å². The van der Waals surface area contributed by atoms with Crippen LogP contribution in [0.5, 0.6) is 0 Å². The predicted molar refractivity (Wildman–Crippen MR) is 216 cm³/mol. The van der Waals surface area contributed by atoms with Crippen LogP contribution in [0.25, 0.3) is 76.9 Å². The fraction of sp³-hybridized carbons (Fsp3) is 0.0612. The van der Waals surface area contributed by atoms with Crippen LogP contribution in [-0.4, -0.2) is 0 Å². The molecule has 0 saturated heterocycles. The average molecular weight is 668 g/mol. The lowest BCUT2D eigenvalue weighted by Gasteiger charge is -2.28. The lowest BCUT2D eigenvalue weighted by molar-refractivity contribution is 0.660. The van der Waals surface area contributed by atoms with Gasteiger partial charge >= 0.3 is 0 Å². The van der Waals surface area contributed by atoms with Gasteiger partial charge in [-0.15, -0.1) is 0 Å². The molecule has 11 rings (SSSR count). The van der Waals surface area contributed by atoms with Gasteiger partial charge in [-0.3, -0.25) is 0 Å². The number of fused-ring (bicyclic) bond motifs is 13. The monoisotopic (exact) mass is 667 g/mol. The number of hydrogen-bond acceptors (Lipinski definition) is 3. The highest BCUT2D eigenvalue weighted by Gasteiger charge is 2.35.